The summed E-state index contributed by atoms with van der Waals surface area (Å²) in [7, 11) is 0. The molecule has 0 radical (unpaired) electrons. The van der Waals surface area contributed by atoms with Gasteiger partial charge in [0.1, 0.15) is 22.9 Å². The van der Waals surface area contributed by atoms with Gasteiger partial charge in [0, 0.05) is 18.0 Å². The normalized spacial score (nSPS) is 10.4. The van der Waals surface area contributed by atoms with Gasteiger partial charge in [-0.15, -0.1) is 0 Å². The molecule has 126 valence electrons. The van der Waals surface area contributed by atoms with Gasteiger partial charge in [-0.25, -0.2) is 13.8 Å². The van der Waals surface area contributed by atoms with Crippen molar-refractivity contribution in [2.24, 2.45) is 0 Å². The number of pyridine rings is 1. The van der Waals surface area contributed by atoms with Crippen LogP contribution in [0.4, 0.5) is 14.5 Å². The number of nitrogens with zero attached hydrogens (tertiary/aromatic N) is 1. The number of carbonyl (C=O) groups is 1. The first-order chi connectivity index (χ1) is 12.0. The van der Waals surface area contributed by atoms with Gasteiger partial charge in [-0.2, -0.15) is 0 Å². The highest BCUT2D eigenvalue weighted by Crippen LogP contribution is 2.27. The average molecular weight is 361 g/mol. The van der Waals surface area contributed by atoms with Crippen LogP contribution in [0.2, 0.25) is 5.02 Å². The number of carbonyl (C=O) groups excluding carboxylic acids is 1. The minimum atomic E-state index is -0.579. The molecule has 7 heteroatoms. The Morgan fingerprint density at radius 1 is 1.08 bits per heavy atom. The fraction of sp³-hybridized carbons (Fsp3) is 0. The number of nitrogens with one attached hydrogen (secondary N) is 1. The Balaban J connectivity index is 1.83. The Hall–Kier alpha value is -2.99. The van der Waals surface area contributed by atoms with Crippen molar-refractivity contribution in [3.05, 3.63) is 83.0 Å². The van der Waals surface area contributed by atoms with Crippen LogP contribution >= 0.6 is 11.6 Å². The summed E-state index contributed by atoms with van der Waals surface area (Å²) >= 11 is 5.72. The van der Waals surface area contributed by atoms with Crippen LogP contribution in [0.25, 0.3) is 0 Å². The van der Waals surface area contributed by atoms with Gasteiger partial charge in [-0.05, 0) is 48.5 Å². The molecular weight excluding hydrogens is 350 g/mol. The van der Waals surface area contributed by atoms with Crippen LogP contribution < -0.4 is 10.1 Å². The van der Waals surface area contributed by atoms with E-state index in [4.69, 9.17) is 16.3 Å². The summed E-state index contributed by atoms with van der Waals surface area (Å²) in [6, 6.07) is 12.2. The molecule has 0 spiro atoms. The quantitative estimate of drug-likeness (QED) is 0.707. The Kier molecular flexibility index (Phi) is 4.90. The number of amides is 1. The molecule has 0 saturated heterocycles. The van der Waals surface area contributed by atoms with Crippen molar-refractivity contribution in [1.82, 2.24) is 4.98 Å². The monoisotopic (exact) mass is 360 g/mol. The number of ether oxygens (including phenoxy) is 1. The fourth-order valence-electron chi connectivity index (χ4n) is 2.03. The number of anilines is 1. The SMILES string of the molecule is O=C(Nc1ccc(F)cc1)c1cccnc1Oc1ccc(F)c(Cl)c1. The van der Waals surface area contributed by atoms with Crippen molar-refractivity contribution in [1.29, 1.82) is 0 Å². The van der Waals surface area contributed by atoms with E-state index in [0.29, 0.717) is 5.69 Å². The second-order valence-corrected chi connectivity index (χ2v) is 5.40. The van der Waals surface area contributed by atoms with E-state index in [1.54, 1.807) is 6.07 Å². The smallest absolute Gasteiger partial charge is 0.261 e. The summed E-state index contributed by atoms with van der Waals surface area (Å²) in [5.41, 5.74) is 0.582. The number of halogens is 3. The summed E-state index contributed by atoms with van der Waals surface area (Å²) in [5.74, 6) is -1.20. The molecule has 1 amide bonds. The zero-order valence-electron chi connectivity index (χ0n) is 12.7. The Morgan fingerprint density at radius 2 is 1.84 bits per heavy atom. The lowest BCUT2D eigenvalue weighted by Crippen LogP contribution is -2.13. The zero-order valence-corrected chi connectivity index (χ0v) is 13.4. The van der Waals surface area contributed by atoms with E-state index in [2.05, 4.69) is 10.3 Å². The van der Waals surface area contributed by atoms with Gasteiger partial charge < -0.3 is 10.1 Å². The van der Waals surface area contributed by atoms with Gasteiger partial charge in [-0.3, -0.25) is 4.79 Å². The molecule has 2 aromatic carbocycles. The van der Waals surface area contributed by atoms with E-state index < -0.39 is 17.5 Å². The van der Waals surface area contributed by atoms with Gasteiger partial charge >= 0.3 is 0 Å². The van der Waals surface area contributed by atoms with Crippen molar-refractivity contribution in [3.8, 4) is 11.6 Å². The maximum Gasteiger partial charge on any atom is 0.261 e. The highest BCUT2D eigenvalue weighted by atomic mass is 35.5. The van der Waals surface area contributed by atoms with E-state index >= 15 is 0 Å². The molecule has 0 fully saturated rings. The van der Waals surface area contributed by atoms with Gasteiger partial charge in [0.2, 0.25) is 5.88 Å². The van der Waals surface area contributed by atoms with Gasteiger partial charge in [0.05, 0.1) is 5.02 Å². The summed E-state index contributed by atoms with van der Waals surface area (Å²) in [6.07, 6.45) is 1.45. The number of rotatable bonds is 4. The summed E-state index contributed by atoms with van der Waals surface area (Å²) in [4.78, 5) is 16.4. The number of aromatic nitrogens is 1. The van der Waals surface area contributed by atoms with Crippen molar-refractivity contribution in [2.75, 3.05) is 5.32 Å². The number of benzene rings is 2. The van der Waals surface area contributed by atoms with Crippen LogP contribution in [-0.2, 0) is 0 Å². The molecule has 3 aromatic rings. The molecule has 0 unspecified atom stereocenters. The van der Waals surface area contributed by atoms with E-state index in [9.17, 15) is 13.6 Å². The zero-order chi connectivity index (χ0) is 17.8. The second-order valence-electron chi connectivity index (χ2n) is 5.00. The Morgan fingerprint density at radius 3 is 2.56 bits per heavy atom. The Bertz CT molecular complexity index is 917. The topological polar surface area (TPSA) is 51.2 Å². The molecule has 0 saturated carbocycles. The minimum Gasteiger partial charge on any atom is -0.438 e. The molecule has 0 aliphatic heterocycles. The molecule has 1 heterocycles. The summed E-state index contributed by atoms with van der Waals surface area (Å²) in [5, 5.41) is 2.51. The third kappa shape index (κ3) is 4.10. The molecule has 0 atom stereocenters. The molecule has 1 aromatic heterocycles. The summed E-state index contributed by atoms with van der Waals surface area (Å²) < 4.78 is 31.7. The van der Waals surface area contributed by atoms with Gasteiger partial charge in [0.25, 0.3) is 5.91 Å². The predicted octanol–water partition coefficient (Wildman–Crippen LogP) is 5.06. The lowest BCUT2D eigenvalue weighted by atomic mass is 10.2. The van der Waals surface area contributed by atoms with Crippen molar-refractivity contribution >= 4 is 23.2 Å². The molecule has 0 aliphatic rings. The maximum absolute atomic E-state index is 13.2. The van der Waals surface area contributed by atoms with E-state index in [-0.39, 0.29) is 22.2 Å². The Labute approximate surface area is 147 Å². The second kappa shape index (κ2) is 7.27. The van der Waals surface area contributed by atoms with Crippen LogP contribution in [0, 0.1) is 11.6 Å². The lowest BCUT2D eigenvalue weighted by Gasteiger charge is -2.10. The first-order valence-corrected chi connectivity index (χ1v) is 7.55. The van der Waals surface area contributed by atoms with Gasteiger partial charge in [-0.1, -0.05) is 11.6 Å². The molecule has 25 heavy (non-hydrogen) atoms. The standard InChI is InChI=1S/C18H11ClF2N2O2/c19-15-10-13(7-8-16(15)21)25-18-14(2-1-9-22-18)17(24)23-12-5-3-11(20)4-6-12/h1-10H,(H,23,24). The molecular formula is C18H11ClF2N2O2. The summed E-state index contributed by atoms with van der Waals surface area (Å²) in [6.45, 7) is 0. The number of hydrogen-bond donors (Lipinski definition) is 1. The maximum atomic E-state index is 13.2. The molecule has 0 aliphatic carbocycles. The van der Waals surface area contributed by atoms with Crippen molar-refractivity contribution in [2.45, 2.75) is 0 Å². The van der Waals surface area contributed by atoms with Gasteiger partial charge in [0.15, 0.2) is 0 Å². The van der Waals surface area contributed by atoms with Crippen LogP contribution in [-0.4, -0.2) is 10.9 Å². The highest BCUT2D eigenvalue weighted by molar-refractivity contribution is 6.30. The fourth-order valence-corrected chi connectivity index (χ4v) is 2.20. The van der Waals surface area contributed by atoms with Crippen LogP contribution in [0.5, 0.6) is 11.6 Å². The third-order valence-corrected chi connectivity index (χ3v) is 3.51. The molecule has 0 bridgehead atoms. The van der Waals surface area contributed by atoms with E-state index in [0.717, 1.165) is 6.07 Å². The van der Waals surface area contributed by atoms with E-state index in [1.807, 2.05) is 0 Å². The van der Waals surface area contributed by atoms with Crippen LogP contribution in [0.3, 0.4) is 0 Å². The molecule has 3 rings (SSSR count). The average Bonchev–Trinajstić information content (AvgIpc) is 2.60. The molecule has 4 nitrogen and oxygen atoms in total. The lowest BCUT2D eigenvalue weighted by molar-refractivity contribution is 0.102. The predicted molar refractivity (Wildman–Crippen MR) is 90.1 cm³/mol. The van der Waals surface area contributed by atoms with Crippen LogP contribution in [0.1, 0.15) is 10.4 Å². The first-order valence-electron chi connectivity index (χ1n) is 7.18. The molecule has 1 N–H and O–H groups in total. The van der Waals surface area contributed by atoms with E-state index in [1.165, 1.54) is 48.7 Å². The highest BCUT2D eigenvalue weighted by Gasteiger charge is 2.15. The van der Waals surface area contributed by atoms with Crippen LogP contribution in [0.15, 0.2) is 60.8 Å². The minimum absolute atomic E-state index is 0.0322. The largest absolute Gasteiger partial charge is 0.438 e. The third-order valence-electron chi connectivity index (χ3n) is 3.22. The number of hydrogen-bond acceptors (Lipinski definition) is 3. The van der Waals surface area contributed by atoms with Crippen molar-refractivity contribution in [3.63, 3.8) is 0 Å². The first kappa shape index (κ1) is 16.9. The van der Waals surface area contributed by atoms with Crippen molar-refractivity contribution < 1.29 is 18.3 Å².